The molecule has 37 heavy (non-hydrogen) atoms. The topological polar surface area (TPSA) is 161 Å². The van der Waals surface area contributed by atoms with Gasteiger partial charge in [0.05, 0.1) is 31.6 Å². The minimum atomic E-state index is -1.01. The van der Waals surface area contributed by atoms with Gasteiger partial charge in [0.1, 0.15) is 0 Å². The van der Waals surface area contributed by atoms with Gasteiger partial charge in [0.25, 0.3) is 0 Å². The highest BCUT2D eigenvalue weighted by molar-refractivity contribution is 5.83. The Morgan fingerprint density at radius 3 is 1.86 bits per heavy atom. The maximum atomic E-state index is 12.3. The van der Waals surface area contributed by atoms with Crippen molar-refractivity contribution >= 4 is 28.7 Å². The molecule has 0 atom stereocenters. The van der Waals surface area contributed by atoms with E-state index < -0.39 is 17.9 Å². The molecular formula is C25H37N5O7. The molecule has 1 aromatic carbocycles. The fraction of sp³-hybridized carbons (Fsp3) is 0.520. The molecule has 2 aromatic rings. The summed E-state index contributed by atoms with van der Waals surface area (Å²) in [4.78, 5) is 39.0. The number of hydrogen-bond donors (Lipinski definition) is 4. The van der Waals surface area contributed by atoms with Crippen LogP contribution in [0.2, 0.25) is 0 Å². The van der Waals surface area contributed by atoms with Crippen LogP contribution in [0, 0.1) is 5.21 Å². The van der Waals surface area contributed by atoms with Gasteiger partial charge in [-0.2, -0.15) is 4.73 Å². The van der Waals surface area contributed by atoms with Crippen LogP contribution < -0.4 is 10.0 Å². The summed E-state index contributed by atoms with van der Waals surface area (Å²) >= 11 is 0. The lowest BCUT2D eigenvalue weighted by atomic mass is 10.1. The fourth-order valence-electron chi connectivity index (χ4n) is 4.14. The highest BCUT2D eigenvalue weighted by Crippen LogP contribution is 2.14. The number of nitrogens with one attached hydrogen (secondary N) is 1. The average Bonchev–Trinajstić information content (AvgIpc) is 2.83. The fourth-order valence-corrected chi connectivity index (χ4v) is 4.14. The molecule has 12 nitrogen and oxygen atoms in total. The number of hydrogen-bond acceptors (Lipinski definition) is 8. The molecule has 12 heteroatoms. The SMILES string of the molecule is CCCN(CCN(CCN(CCNCc1c2ccccc2cc[n+]1[O-])CC(=O)O)CC(=O)O)CC(=O)O. The summed E-state index contributed by atoms with van der Waals surface area (Å²) in [6.07, 6.45) is 2.24. The lowest BCUT2D eigenvalue weighted by Crippen LogP contribution is -2.45. The van der Waals surface area contributed by atoms with Gasteiger partial charge in [-0.25, -0.2) is 0 Å². The zero-order valence-electron chi connectivity index (χ0n) is 21.2. The first-order valence-electron chi connectivity index (χ1n) is 12.3. The first-order chi connectivity index (χ1) is 17.7. The van der Waals surface area contributed by atoms with Crippen molar-refractivity contribution in [2.45, 2.75) is 19.9 Å². The van der Waals surface area contributed by atoms with E-state index in [9.17, 15) is 29.8 Å². The largest absolute Gasteiger partial charge is 0.618 e. The molecule has 0 aliphatic carbocycles. The lowest BCUT2D eigenvalue weighted by molar-refractivity contribution is -0.612. The van der Waals surface area contributed by atoms with Crippen LogP contribution in [0.25, 0.3) is 10.8 Å². The molecule has 2 rings (SSSR count). The lowest BCUT2D eigenvalue weighted by Gasteiger charge is -2.28. The van der Waals surface area contributed by atoms with Crippen LogP contribution in [0.15, 0.2) is 36.5 Å². The van der Waals surface area contributed by atoms with Crippen molar-refractivity contribution < 1.29 is 34.4 Å². The zero-order valence-corrected chi connectivity index (χ0v) is 21.2. The van der Waals surface area contributed by atoms with Gasteiger partial charge in [0.2, 0.25) is 5.69 Å². The molecule has 0 aliphatic rings. The predicted octanol–water partition coefficient (Wildman–Crippen LogP) is 0.133. The summed E-state index contributed by atoms with van der Waals surface area (Å²) in [7, 11) is 0. The molecule has 0 unspecified atom stereocenters. The van der Waals surface area contributed by atoms with Gasteiger partial charge in [0.15, 0.2) is 6.20 Å². The van der Waals surface area contributed by atoms with Gasteiger partial charge in [0, 0.05) is 45.3 Å². The van der Waals surface area contributed by atoms with E-state index in [0.717, 1.165) is 21.9 Å². The van der Waals surface area contributed by atoms with E-state index in [1.165, 1.54) is 6.20 Å². The molecule has 1 aromatic heterocycles. The van der Waals surface area contributed by atoms with Crippen molar-refractivity contribution in [1.29, 1.82) is 0 Å². The molecular weight excluding hydrogens is 482 g/mol. The summed E-state index contributed by atoms with van der Waals surface area (Å²) in [5.74, 6) is -2.94. The Kier molecular flexibility index (Phi) is 12.7. The number of carboxylic acid groups (broad SMARTS) is 3. The molecule has 0 aliphatic heterocycles. The number of aliphatic carboxylic acids is 3. The number of pyridine rings is 1. The highest BCUT2D eigenvalue weighted by atomic mass is 16.5. The Hall–Kier alpha value is -3.32. The number of aromatic nitrogens is 1. The third kappa shape index (κ3) is 11.1. The predicted molar refractivity (Wildman–Crippen MR) is 137 cm³/mol. The van der Waals surface area contributed by atoms with Crippen LogP contribution in [-0.2, 0) is 20.9 Å². The van der Waals surface area contributed by atoms with E-state index in [1.54, 1.807) is 20.8 Å². The zero-order chi connectivity index (χ0) is 27.2. The Morgan fingerprint density at radius 2 is 1.32 bits per heavy atom. The summed E-state index contributed by atoms with van der Waals surface area (Å²) in [6, 6.07) is 9.34. The Balaban J connectivity index is 1.92. The Morgan fingerprint density at radius 1 is 0.811 bits per heavy atom. The molecule has 0 spiro atoms. The number of carbonyl (C=O) groups is 3. The molecule has 0 bridgehead atoms. The van der Waals surface area contributed by atoms with Gasteiger partial charge in [-0.15, -0.1) is 0 Å². The van der Waals surface area contributed by atoms with Crippen LogP contribution in [0.5, 0.6) is 0 Å². The summed E-state index contributed by atoms with van der Waals surface area (Å²) in [5.41, 5.74) is 0.577. The van der Waals surface area contributed by atoms with Crippen LogP contribution >= 0.6 is 0 Å². The van der Waals surface area contributed by atoms with Crippen molar-refractivity contribution in [3.8, 4) is 0 Å². The minimum Gasteiger partial charge on any atom is -0.618 e. The second-order valence-corrected chi connectivity index (χ2v) is 8.86. The molecule has 0 radical (unpaired) electrons. The Bertz CT molecular complexity index is 1040. The highest BCUT2D eigenvalue weighted by Gasteiger charge is 2.17. The molecule has 0 saturated carbocycles. The summed E-state index contributed by atoms with van der Waals surface area (Å²) in [5, 5.41) is 45.0. The number of benzene rings is 1. The first-order valence-corrected chi connectivity index (χ1v) is 12.3. The standard InChI is InChI=1S/C25H37N5O7/c1-2-9-27(17-23(31)32)12-14-29(19-25(35)36)15-13-28(18-24(33)34)11-8-26-16-22-21-6-4-3-5-20(21)7-10-30(22)37/h3-7,10,26H,2,8-9,11-19H2,1H3,(H,31,32)(H,33,34)(H,35,36). The van der Waals surface area contributed by atoms with Crippen molar-refractivity contribution in [1.82, 2.24) is 20.0 Å². The van der Waals surface area contributed by atoms with E-state index in [-0.39, 0.29) is 19.6 Å². The van der Waals surface area contributed by atoms with Gasteiger partial charge >= 0.3 is 17.9 Å². The van der Waals surface area contributed by atoms with Crippen LogP contribution in [0.1, 0.15) is 19.0 Å². The molecule has 0 amide bonds. The number of carboxylic acids is 3. The van der Waals surface area contributed by atoms with Gasteiger partial charge in [-0.3, -0.25) is 29.1 Å². The molecule has 204 valence electrons. The minimum absolute atomic E-state index is 0.119. The van der Waals surface area contributed by atoms with Crippen LogP contribution in [0.3, 0.4) is 0 Å². The number of nitrogens with zero attached hydrogens (tertiary/aromatic N) is 4. The normalized spacial score (nSPS) is 11.6. The monoisotopic (exact) mass is 519 g/mol. The molecule has 0 saturated heterocycles. The maximum Gasteiger partial charge on any atom is 0.317 e. The van der Waals surface area contributed by atoms with E-state index in [2.05, 4.69) is 5.32 Å². The first kappa shape index (κ1) is 29.9. The average molecular weight is 520 g/mol. The van der Waals surface area contributed by atoms with E-state index in [1.807, 2.05) is 31.2 Å². The number of fused-ring (bicyclic) bond motifs is 1. The van der Waals surface area contributed by atoms with Crippen LogP contribution in [-0.4, -0.2) is 113 Å². The van der Waals surface area contributed by atoms with Crippen molar-refractivity contribution in [3.63, 3.8) is 0 Å². The third-order valence-electron chi connectivity index (χ3n) is 5.91. The summed E-state index contributed by atoms with van der Waals surface area (Å²) in [6.45, 7) is 4.49. The number of rotatable bonds is 19. The van der Waals surface area contributed by atoms with E-state index >= 15 is 0 Å². The van der Waals surface area contributed by atoms with E-state index in [4.69, 9.17) is 5.11 Å². The van der Waals surface area contributed by atoms with Crippen molar-refractivity contribution in [2.24, 2.45) is 0 Å². The second kappa shape index (κ2) is 15.7. The second-order valence-electron chi connectivity index (χ2n) is 8.86. The van der Waals surface area contributed by atoms with Gasteiger partial charge in [-0.05, 0) is 24.4 Å². The molecule has 0 fully saturated rings. The Labute approximate surface area is 216 Å². The quantitative estimate of drug-likeness (QED) is 0.113. The maximum absolute atomic E-state index is 12.3. The van der Waals surface area contributed by atoms with Crippen molar-refractivity contribution in [3.05, 3.63) is 47.4 Å². The third-order valence-corrected chi connectivity index (χ3v) is 5.91. The summed E-state index contributed by atoms with van der Waals surface area (Å²) < 4.78 is 0.820. The van der Waals surface area contributed by atoms with Crippen molar-refractivity contribution in [2.75, 3.05) is 65.4 Å². The molecule has 1 heterocycles. The molecule has 4 N–H and O–H groups in total. The van der Waals surface area contributed by atoms with E-state index in [0.29, 0.717) is 58.1 Å². The smallest absolute Gasteiger partial charge is 0.317 e. The van der Waals surface area contributed by atoms with Gasteiger partial charge in [-0.1, -0.05) is 25.1 Å². The van der Waals surface area contributed by atoms with Crippen LogP contribution in [0.4, 0.5) is 0 Å². The van der Waals surface area contributed by atoms with Gasteiger partial charge < -0.3 is 25.8 Å².